The van der Waals surface area contributed by atoms with Crippen molar-refractivity contribution < 1.29 is 4.92 Å². The number of nitrogens with zero attached hydrogens (tertiary/aromatic N) is 3. The molecule has 0 fully saturated rings. The van der Waals surface area contributed by atoms with Crippen molar-refractivity contribution in [3.8, 4) is 22.5 Å². The highest BCUT2D eigenvalue weighted by Crippen LogP contribution is 2.34. The van der Waals surface area contributed by atoms with Crippen molar-refractivity contribution in [3.63, 3.8) is 0 Å². The van der Waals surface area contributed by atoms with Gasteiger partial charge in [-0.2, -0.15) is 0 Å². The van der Waals surface area contributed by atoms with E-state index in [0.717, 1.165) is 5.56 Å². The van der Waals surface area contributed by atoms with Crippen LogP contribution in [0.25, 0.3) is 28.0 Å². The maximum atomic E-state index is 11.7. The van der Waals surface area contributed by atoms with Crippen molar-refractivity contribution in [2.45, 2.75) is 0 Å². The summed E-state index contributed by atoms with van der Waals surface area (Å²) in [5.41, 5.74) is 2.96. The smallest absolute Gasteiger partial charge is 0.284 e. The molecule has 0 aliphatic carbocycles. The van der Waals surface area contributed by atoms with Crippen LogP contribution in [0.2, 0.25) is 0 Å². The third-order valence-electron chi connectivity index (χ3n) is 3.94. The topological polar surface area (TPSA) is 76.2 Å². The summed E-state index contributed by atoms with van der Waals surface area (Å²) in [6.07, 6.45) is 0. The molecule has 0 aliphatic heterocycles. The van der Waals surface area contributed by atoms with Gasteiger partial charge in [0.1, 0.15) is 11.2 Å². The average molecular weight is 348 g/mol. The van der Waals surface area contributed by atoms with E-state index in [2.05, 4.69) is 10.1 Å². The van der Waals surface area contributed by atoms with Gasteiger partial charge >= 0.3 is 5.69 Å². The number of aromatic amines is 1. The van der Waals surface area contributed by atoms with Crippen molar-refractivity contribution in [1.82, 2.24) is 14.6 Å². The molecule has 0 atom stereocenters. The van der Waals surface area contributed by atoms with Gasteiger partial charge in [0, 0.05) is 11.1 Å². The summed E-state index contributed by atoms with van der Waals surface area (Å²) in [5, 5.41) is 14.8. The molecule has 0 unspecified atom stereocenters. The number of nitro groups is 1. The monoisotopic (exact) mass is 348 g/mol. The van der Waals surface area contributed by atoms with Crippen molar-refractivity contribution >= 4 is 23.4 Å². The number of hydrogen-bond acceptors (Lipinski definition) is 4. The van der Waals surface area contributed by atoms with Crippen LogP contribution < -0.4 is 0 Å². The van der Waals surface area contributed by atoms with Crippen LogP contribution in [0.1, 0.15) is 0 Å². The molecule has 2 heterocycles. The second kappa shape index (κ2) is 5.95. The van der Waals surface area contributed by atoms with Gasteiger partial charge in [-0.1, -0.05) is 60.7 Å². The molecule has 7 heteroatoms. The van der Waals surface area contributed by atoms with Gasteiger partial charge in [0.2, 0.25) is 4.77 Å². The van der Waals surface area contributed by atoms with E-state index >= 15 is 0 Å². The third-order valence-corrected chi connectivity index (χ3v) is 4.21. The molecule has 122 valence electrons. The third kappa shape index (κ3) is 2.60. The van der Waals surface area contributed by atoms with Crippen LogP contribution in [-0.4, -0.2) is 19.5 Å². The fraction of sp³-hybridized carbons (Fsp3) is 0. The summed E-state index contributed by atoms with van der Waals surface area (Å²) in [7, 11) is 0. The molecule has 2 aromatic carbocycles. The molecule has 0 saturated carbocycles. The van der Waals surface area contributed by atoms with Crippen LogP contribution in [-0.2, 0) is 0 Å². The highest BCUT2D eigenvalue weighted by atomic mass is 32.1. The normalized spacial score (nSPS) is 10.9. The van der Waals surface area contributed by atoms with Gasteiger partial charge in [-0.25, -0.2) is 9.50 Å². The minimum Gasteiger partial charge on any atom is -0.284 e. The zero-order chi connectivity index (χ0) is 17.4. The van der Waals surface area contributed by atoms with Crippen molar-refractivity contribution in [2.75, 3.05) is 0 Å². The predicted molar refractivity (Wildman–Crippen MR) is 97.9 cm³/mol. The number of hydrogen-bond donors (Lipinski definition) is 1. The lowest BCUT2D eigenvalue weighted by Gasteiger charge is -2.01. The molecular weight excluding hydrogens is 336 g/mol. The van der Waals surface area contributed by atoms with E-state index in [1.54, 1.807) is 6.07 Å². The number of nitrogens with one attached hydrogen (secondary N) is 1. The number of fused-ring (bicyclic) bond motifs is 1. The summed E-state index contributed by atoms with van der Waals surface area (Å²) in [6, 6.07) is 20.3. The van der Waals surface area contributed by atoms with Gasteiger partial charge < -0.3 is 0 Å². The van der Waals surface area contributed by atoms with Gasteiger partial charge in [0.15, 0.2) is 0 Å². The predicted octanol–water partition coefficient (Wildman–Crippen LogP) is 4.63. The Morgan fingerprint density at radius 3 is 2.20 bits per heavy atom. The van der Waals surface area contributed by atoms with E-state index in [9.17, 15) is 10.1 Å². The van der Waals surface area contributed by atoms with Gasteiger partial charge in [0.25, 0.3) is 0 Å². The van der Waals surface area contributed by atoms with E-state index in [1.165, 1.54) is 4.52 Å². The molecule has 0 amide bonds. The minimum atomic E-state index is -0.391. The first-order valence-corrected chi connectivity index (χ1v) is 7.97. The summed E-state index contributed by atoms with van der Waals surface area (Å²) in [5.74, 6) is 0. The van der Waals surface area contributed by atoms with Crippen LogP contribution in [0.4, 0.5) is 5.69 Å². The van der Waals surface area contributed by atoms with Crippen molar-refractivity contribution in [2.24, 2.45) is 0 Å². The Bertz CT molecular complexity index is 1130. The number of aromatic nitrogens is 3. The summed E-state index contributed by atoms with van der Waals surface area (Å²) in [4.78, 5) is 15.8. The average Bonchev–Trinajstić information content (AvgIpc) is 3.03. The van der Waals surface area contributed by atoms with Gasteiger partial charge in [-0.3, -0.25) is 15.2 Å². The van der Waals surface area contributed by atoms with Crippen molar-refractivity contribution in [1.29, 1.82) is 0 Å². The lowest BCUT2D eigenvalue weighted by molar-refractivity contribution is -0.382. The second-order valence-corrected chi connectivity index (χ2v) is 5.83. The standard InChI is InChI=1S/C18H12N4O2S/c23-22(24)17-15-11-14(12-7-3-1-4-8-12)19-18(25)21(15)20-16(17)13-9-5-2-6-10-13/h1-11,20H. The van der Waals surface area contributed by atoms with E-state index < -0.39 is 4.92 Å². The Hall–Kier alpha value is -3.32. The highest BCUT2D eigenvalue weighted by Gasteiger charge is 2.24. The van der Waals surface area contributed by atoms with Gasteiger partial charge in [0.05, 0.1) is 10.6 Å². The lowest BCUT2D eigenvalue weighted by Crippen LogP contribution is -1.95. The Kier molecular flexibility index (Phi) is 3.62. The molecule has 1 N–H and O–H groups in total. The first kappa shape index (κ1) is 15.2. The molecular formula is C18H12N4O2S. The quantitative estimate of drug-likeness (QED) is 0.332. The fourth-order valence-corrected chi connectivity index (χ4v) is 3.05. The highest BCUT2D eigenvalue weighted by molar-refractivity contribution is 7.71. The van der Waals surface area contributed by atoms with Crippen LogP contribution >= 0.6 is 12.2 Å². The summed E-state index contributed by atoms with van der Waals surface area (Å²) in [6.45, 7) is 0. The van der Waals surface area contributed by atoms with Crippen LogP contribution in [0.3, 0.4) is 0 Å². The Balaban J connectivity index is 2.05. The number of rotatable bonds is 3. The van der Waals surface area contributed by atoms with E-state index in [1.807, 2.05) is 60.7 Å². The molecule has 25 heavy (non-hydrogen) atoms. The molecule has 0 aliphatic rings. The number of H-pyrrole nitrogens is 1. The SMILES string of the molecule is O=[N+]([O-])c1c(-c2ccccc2)[nH]n2c(=S)nc(-c3ccccc3)cc12. The Labute approximate surface area is 147 Å². The second-order valence-electron chi connectivity index (χ2n) is 5.47. The maximum Gasteiger partial charge on any atom is 0.320 e. The van der Waals surface area contributed by atoms with Gasteiger partial charge in [-0.15, -0.1) is 0 Å². The zero-order valence-electron chi connectivity index (χ0n) is 12.9. The first-order chi connectivity index (χ1) is 12.1. The maximum absolute atomic E-state index is 11.7. The van der Waals surface area contributed by atoms with Gasteiger partial charge in [-0.05, 0) is 18.3 Å². The lowest BCUT2D eigenvalue weighted by atomic mass is 10.1. The zero-order valence-corrected chi connectivity index (χ0v) is 13.7. The molecule has 0 radical (unpaired) electrons. The molecule has 2 aromatic heterocycles. The molecule has 0 bridgehead atoms. The summed E-state index contributed by atoms with van der Waals surface area (Å²) < 4.78 is 1.71. The van der Waals surface area contributed by atoms with E-state index in [-0.39, 0.29) is 10.5 Å². The Morgan fingerprint density at radius 2 is 1.60 bits per heavy atom. The largest absolute Gasteiger partial charge is 0.320 e. The van der Waals surface area contributed by atoms with E-state index in [0.29, 0.717) is 22.5 Å². The van der Waals surface area contributed by atoms with E-state index in [4.69, 9.17) is 12.2 Å². The Morgan fingerprint density at radius 1 is 1.00 bits per heavy atom. The van der Waals surface area contributed by atoms with Crippen molar-refractivity contribution in [3.05, 3.63) is 81.6 Å². The first-order valence-electron chi connectivity index (χ1n) is 7.56. The fourth-order valence-electron chi connectivity index (χ4n) is 2.81. The molecule has 6 nitrogen and oxygen atoms in total. The van der Waals surface area contributed by atoms with Crippen LogP contribution in [0, 0.1) is 14.9 Å². The molecule has 4 aromatic rings. The number of benzene rings is 2. The van der Waals surface area contributed by atoms with Crippen LogP contribution in [0.15, 0.2) is 66.7 Å². The summed E-state index contributed by atoms with van der Waals surface area (Å²) >= 11 is 5.35. The molecule has 4 rings (SSSR count). The van der Waals surface area contributed by atoms with Crippen LogP contribution in [0.5, 0.6) is 0 Å². The minimum absolute atomic E-state index is 0.0168. The molecule has 0 saturated heterocycles. The molecule has 0 spiro atoms.